The predicted molar refractivity (Wildman–Crippen MR) is 99.9 cm³/mol. The highest BCUT2D eigenvalue weighted by atomic mass is 35.5. The summed E-state index contributed by atoms with van der Waals surface area (Å²) in [6.45, 7) is 0. The van der Waals surface area contributed by atoms with Crippen LogP contribution in [0.4, 0.5) is 13.8 Å². The van der Waals surface area contributed by atoms with Gasteiger partial charge in [0.15, 0.2) is 17.5 Å². The zero-order valence-electron chi connectivity index (χ0n) is 13.8. The maximum absolute atomic E-state index is 12.8. The molecule has 0 aliphatic heterocycles. The normalized spacial score (nSPS) is 17.9. The van der Waals surface area contributed by atoms with Crippen LogP contribution in [0.25, 0.3) is 10.6 Å². The van der Waals surface area contributed by atoms with Crippen LogP contribution in [0.3, 0.4) is 0 Å². The Morgan fingerprint density at radius 2 is 2.35 bits per heavy atom. The Morgan fingerprint density at radius 1 is 1.62 bits per heavy atom. The van der Waals surface area contributed by atoms with Crippen molar-refractivity contribution in [1.82, 2.24) is 4.98 Å². The van der Waals surface area contributed by atoms with E-state index in [1.54, 1.807) is 19.2 Å². The van der Waals surface area contributed by atoms with E-state index in [0.717, 1.165) is 0 Å². The number of pyridine rings is 1. The molecule has 2 aromatic rings. The Hall–Kier alpha value is -1.45. The Kier molecular flexibility index (Phi) is 5.69. The van der Waals surface area contributed by atoms with E-state index < -0.39 is 11.8 Å². The van der Waals surface area contributed by atoms with Crippen LogP contribution >= 0.6 is 34.7 Å². The van der Waals surface area contributed by atoms with Crippen molar-refractivity contribution in [3.8, 4) is 10.6 Å². The van der Waals surface area contributed by atoms with E-state index in [1.165, 1.54) is 40.4 Å². The van der Waals surface area contributed by atoms with E-state index in [2.05, 4.69) is 4.98 Å². The second kappa shape index (κ2) is 7.66. The summed E-state index contributed by atoms with van der Waals surface area (Å²) in [6.07, 6.45) is 2.93. The molecule has 1 saturated carbocycles. The molecule has 2 heterocycles. The number of halogens is 3. The summed E-state index contributed by atoms with van der Waals surface area (Å²) in [5, 5.41) is 12.6. The first-order chi connectivity index (χ1) is 12.3. The molecule has 5 nitrogen and oxygen atoms in total. The molecule has 1 aliphatic carbocycles. The Labute approximate surface area is 162 Å². The summed E-state index contributed by atoms with van der Waals surface area (Å²) >= 11 is 8.73. The smallest absolute Gasteiger partial charge is 0.252 e. The number of carbonyl (C=O) groups is 1. The molecule has 0 N–H and O–H groups in total. The molecule has 1 amide bonds. The molecular weight excluding hydrogens is 404 g/mol. The fraction of sp³-hybridized carbons (Fsp3) is 0.438. The summed E-state index contributed by atoms with van der Waals surface area (Å²) in [4.78, 5) is 18.0. The monoisotopic (exact) mass is 419 g/mol. The Morgan fingerprint density at radius 3 is 3.00 bits per heavy atom. The first kappa shape index (κ1) is 19.3. The molecule has 0 bridgehead atoms. The first-order valence-corrected chi connectivity index (χ1v) is 10.2. The molecule has 1 fully saturated rings. The first-order valence-electron chi connectivity index (χ1n) is 7.85. The number of nitrogens with zero attached hydrogens (tertiary/aromatic N) is 3. The zero-order chi connectivity index (χ0) is 18.9. The number of anilines is 1. The highest BCUT2D eigenvalue weighted by molar-refractivity contribution is 7.99. The summed E-state index contributed by atoms with van der Waals surface area (Å²) in [5.41, 5.74) is 0.613. The molecule has 1 aliphatic rings. The SMILES string of the molecule is CN(C(=O)CCSCC1CC1(F)F)c1sc(-c2ccc[n+]([O-])c2)nc1Cl. The lowest BCUT2D eigenvalue weighted by Gasteiger charge is -2.14. The van der Waals surface area contributed by atoms with Crippen molar-refractivity contribution in [3.05, 3.63) is 34.9 Å². The van der Waals surface area contributed by atoms with Crippen molar-refractivity contribution in [2.24, 2.45) is 5.92 Å². The van der Waals surface area contributed by atoms with Crippen LogP contribution in [0, 0.1) is 11.1 Å². The van der Waals surface area contributed by atoms with Gasteiger partial charge in [-0.25, -0.2) is 13.8 Å². The van der Waals surface area contributed by atoms with Gasteiger partial charge in [-0.1, -0.05) is 22.9 Å². The number of aromatic nitrogens is 2. The minimum Gasteiger partial charge on any atom is -0.619 e. The van der Waals surface area contributed by atoms with Crippen molar-refractivity contribution in [3.63, 3.8) is 0 Å². The van der Waals surface area contributed by atoms with E-state index in [1.807, 2.05) is 0 Å². The Balaban J connectivity index is 1.57. The Bertz CT molecular complexity index is 819. The third-order valence-electron chi connectivity index (χ3n) is 4.01. The van der Waals surface area contributed by atoms with Gasteiger partial charge in [0.1, 0.15) is 10.0 Å². The van der Waals surface area contributed by atoms with Gasteiger partial charge in [0, 0.05) is 43.4 Å². The molecule has 0 radical (unpaired) electrons. The molecule has 0 aromatic carbocycles. The molecule has 2 aromatic heterocycles. The molecule has 1 unspecified atom stereocenters. The van der Waals surface area contributed by atoms with Crippen molar-refractivity contribution < 1.29 is 18.3 Å². The average molecular weight is 420 g/mol. The van der Waals surface area contributed by atoms with E-state index in [-0.39, 0.29) is 23.9 Å². The molecule has 10 heteroatoms. The lowest BCUT2D eigenvalue weighted by molar-refractivity contribution is -0.604. The number of alkyl halides is 2. The van der Waals surface area contributed by atoms with Crippen LogP contribution in [0.2, 0.25) is 5.15 Å². The van der Waals surface area contributed by atoms with Crippen molar-refractivity contribution in [2.75, 3.05) is 23.5 Å². The molecular formula is C16H16ClF2N3O2S2. The number of thioether (sulfide) groups is 1. The lowest BCUT2D eigenvalue weighted by atomic mass is 10.3. The van der Waals surface area contributed by atoms with Gasteiger partial charge >= 0.3 is 0 Å². The zero-order valence-corrected chi connectivity index (χ0v) is 16.2. The highest BCUT2D eigenvalue weighted by Crippen LogP contribution is 2.50. The summed E-state index contributed by atoms with van der Waals surface area (Å²) < 4.78 is 26.3. The quantitative estimate of drug-likeness (QED) is 0.388. The van der Waals surface area contributed by atoms with Crippen LogP contribution in [0.1, 0.15) is 12.8 Å². The van der Waals surface area contributed by atoms with Gasteiger partial charge in [-0.05, 0) is 6.07 Å². The fourth-order valence-corrected chi connectivity index (χ4v) is 4.76. The predicted octanol–water partition coefficient (Wildman–Crippen LogP) is 3.84. The van der Waals surface area contributed by atoms with Crippen molar-refractivity contribution in [2.45, 2.75) is 18.8 Å². The minimum atomic E-state index is -2.51. The number of carbonyl (C=O) groups excluding carboxylic acids is 1. The highest BCUT2D eigenvalue weighted by Gasteiger charge is 2.56. The molecule has 140 valence electrons. The molecule has 3 rings (SSSR count). The molecule has 1 atom stereocenters. The number of rotatable bonds is 7. The average Bonchev–Trinajstić information content (AvgIpc) is 3.01. The van der Waals surface area contributed by atoms with Gasteiger partial charge in [0.25, 0.3) is 5.92 Å². The molecule has 0 saturated heterocycles. The second-order valence-electron chi connectivity index (χ2n) is 6.01. The standard InChI is InChI=1S/C16H16ClF2N3O2S2/c1-21(12(23)4-6-25-9-11-7-16(11,18)19)15-13(17)20-14(26-15)10-3-2-5-22(24)8-10/h2-3,5,8,11H,4,6-7,9H2,1H3. The number of hydrogen-bond donors (Lipinski definition) is 0. The van der Waals surface area contributed by atoms with E-state index in [0.29, 0.717) is 31.8 Å². The maximum Gasteiger partial charge on any atom is 0.252 e. The van der Waals surface area contributed by atoms with Crippen LogP contribution in [-0.2, 0) is 4.79 Å². The number of hydrogen-bond acceptors (Lipinski definition) is 5. The van der Waals surface area contributed by atoms with E-state index in [4.69, 9.17) is 11.6 Å². The largest absolute Gasteiger partial charge is 0.619 e. The number of thiazole rings is 1. The van der Waals surface area contributed by atoms with Gasteiger partial charge in [-0.2, -0.15) is 16.5 Å². The third-order valence-corrected chi connectivity index (χ3v) is 6.69. The number of amides is 1. The second-order valence-corrected chi connectivity index (χ2v) is 8.49. The third kappa shape index (κ3) is 4.44. The van der Waals surface area contributed by atoms with Gasteiger partial charge in [0.05, 0.1) is 5.56 Å². The van der Waals surface area contributed by atoms with Crippen molar-refractivity contribution in [1.29, 1.82) is 0 Å². The van der Waals surface area contributed by atoms with Gasteiger partial charge in [-0.15, -0.1) is 0 Å². The van der Waals surface area contributed by atoms with E-state index in [9.17, 15) is 18.8 Å². The maximum atomic E-state index is 12.8. The molecule has 26 heavy (non-hydrogen) atoms. The van der Waals surface area contributed by atoms with Crippen LogP contribution < -0.4 is 9.63 Å². The fourth-order valence-electron chi connectivity index (χ4n) is 2.32. The van der Waals surface area contributed by atoms with Crippen molar-refractivity contribution >= 4 is 45.6 Å². The summed E-state index contributed by atoms with van der Waals surface area (Å²) in [7, 11) is 1.60. The summed E-state index contributed by atoms with van der Waals surface area (Å²) in [6, 6.07) is 3.34. The van der Waals surface area contributed by atoms with Gasteiger partial charge < -0.3 is 10.1 Å². The topological polar surface area (TPSA) is 60.1 Å². The van der Waals surface area contributed by atoms with Crippen LogP contribution in [-0.4, -0.2) is 35.4 Å². The van der Waals surface area contributed by atoms with Crippen LogP contribution in [0.5, 0.6) is 0 Å². The molecule has 0 spiro atoms. The summed E-state index contributed by atoms with van der Waals surface area (Å²) in [5.74, 6) is -2.37. The lowest BCUT2D eigenvalue weighted by Crippen LogP contribution is -2.26. The van der Waals surface area contributed by atoms with Gasteiger partial charge in [0.2, 0.25) is 5.91 Å². The van der Waals surface area contributed by atoms with E-state index >= 15 is 0 Å². The van der Waals surface area contributed by atoms with Gasteiger partial charge in [-0.3, -0.25) is 4.79 Å². The minimum absolute atomic E-state index is 0.0457. The van der Waals surface area contributed by atoms with Crippen LogP contribution in [0.15, 0.2) is 24.5 Å².